The van der Waals surface area contributed by atoms with Crippen LogP contribution < -0.4 is 0 Å². The number of aryl methyl sites for hydroxylation is 1. The first-order chi connectivity index (χ1) is 13.4. The highest BCUT2D eigenvalue weighted by Crippen LogP contribution is 2.34. The predicted molar refractivity (Wildman–Crippen MR) is 108 cm³/mol. The van der Waals surface area contributed by atoms with Crippen molar-refractivity contribution < 1.29 is 14.3 Å². The number of hydrogen-bond acceptors (Lipinski definition) is 3. The van der Waals surface area contributed by atoms with Gasteiger partial charge in [-0.05, 0) is 31.2 Å². The van der Waals surface area contributed by atoms with Crippen LogP contribution in [0.2, 0.25) is 0 Å². The van der Waals surface area contributed by atoms with E-state index < -0.39 is 6.29 Å². The van der Waals surface area contributed by atoms with Gasteiger partial charge in [0.2, 0.25) is 5.78 Å². The van der Waals surface area contributed by atoms with Crippen LogP contribution in [0, 0.1) is 12.3 Å². The summed E-state index contributed by atoms with van der Waals surface area (Å²) in [5.41, 5.74) is 4.24. The standard InChI is InChI=1S/C23H26N2O3/c1-15-6-8-16(9-7-15)21(26)19-11-10-18(25-19)20(17-5-4-12-24-17)22-27-13-23(2,3)14-28-22/h4-12,20,22,24-25H,13-14H2,1-3H3. The smallest absolute Gasteiger partial charge is 0.209 e. The zero-order chi connectivity index (χ0) is 19.7. The molecule has 1 aliphatic rings. The Hall–Kier alpha value is -2.63. The van der Waals surface area contributed by atoms with Gasteiger partial charge in [-0.3, -0.25) is 4.79 Å². The molecular formula is C23H26N2O3. The number of carbonyl (C=O) groups is 1. The van der Waals surface area contributed by atoms with Crippen LogP contribution >= 0.6 is 0 Å². The molecule has 1 saturated heterocycles. The van der Waals surface area contributed by atoms with Gasteiger partial charge in [-0.25, -0.2) is 0 Å². The molecule has 1 aliphatic heterocycles. The van der Waals surface area contributed by atoms with Gasteiger partial charge in [0.05, 0.1) is 24.8 Å². The van der Waals surface area contributed by atoms with E-state index in [9.17, 15) is 4.79 Å². The van der Waals surface area contributed by atoms with E-state index in [1.807, 2.05) is 61.7 Å². The largest absolute Gasteiger partial charge is 0.364 e. The Bertz CT molecular complexity index is 929. The highest BCUT2D eigenvalue weighted by atomic mass is 16.7. The van der Waals surface area contributed by atoms with Crippen LogP contribution in [-0.2, 0) is 9.47 Å². The number of hydrogen-bond donors (Lipinski definition) is 2. The lowest BCUT2D eigenvalue weighted by Crippen LogP contribution is -2.41. The summed E-state index contributed by atoms with van der Waals surface area (Å²) in [7, 11) is 0. The minimum absolute atomic E-state index is 0.000905. The molecule has 0 radical (unpaired) electrons. The Morgan fingerprint density at radius 1 is 1.04 bits per heavy atom. The second-order valence-electron chi connectivity index (χ2n) is 8.28. The zero-order valence-electron chi connectivity index (χ0n) is 16.5. The van der Waals surface area contributed by atoms with Crippen molar-refractivity contribution in [2.24, 2.45) is 5.41 Å². The number of benzene rings is 1. The molecule has 28 heavy (non-hydrogen) atoms. The van der Waals surface area contributed by atoms with E-state index in [1.165, 1.54) is 0 Å². The van der Waals surface area contributed by atoms with Crippen molar-refractivity contribution >= 4 is 5.78 Å². The molecular weight excluding hydrogens is 352 g/mol. The third-order valence-corrected chi connectivity index (χ3v) is 5.11. The van der Waals surface area contributed by atoms with Gasteiger partial charge in [0.1, 0.15) is 0 Å². The molecule has 1 atom stereocenters. The molecule has 0 bridgehead atoms. The summed E-state index contributed by atoms with van der Waals surface area (Å²) in [4.78, 5) is 19.4. The van der Waals surface area contributed by atoms with Crippen LogP contribution in [0.5, 0.6) is 0 Å². The van der Waals surface area contributed by atoms with Crippen molar-refractivity contribution in [2.75, 3.05) is 13.2 Å². The topological polar surface area (TPSA) is 67.1 Å². The van der Waals surface area contributed by atoms with Crippen molar-refractivity contribution in [3.05, 3.63) is 82.9 Å². The normalized spacial score (nSPS) is 18.1. The number of ether oxygens (including phenoxy) is 2. The van der Waals surface area contributed by atoms with Crippen molar-refractivity contribution in [1.82, 2.24) is 9.97 Å². The van der Waals surface area contributed by atoms with Gasteiger partial charge in [0.25, 0.3) is 0 Å². The van der Waals surface area contributed by atoms with E-state index in [-0.39, 0.29) is 17.1 Å². The summed E-state index contributed by atoms with van der Waals surface area (Å²) in [6, 6.07) is 15.4. The Kier molecular flexibility index (Phi) is 4.96. The minimum atomic E-state index is -0.410. The Labute approximate surface area is 165 Å². The molecule has 146 valence electrons. The number of ketones is 1. The van der Waals surface area contributed by atoms with E-state index in [0.29, 0.717) is 24.5 Å². The van der Waals surface area contributed by atoms with Crippen molar-refractivity contribution in [3.63, 3.8) is 0 Å². The SMILES string of the molecule is Cc1ccc(C(=O)c2ccc(C(c3ccc[nH]3)C3OCC(C)(C)CO3)[nH]2)cc1. The van der Waals surface area contributed by atoms with Gasteiger partial charge in [-0.15, -0.1) is 0 Å². The van der Waals surface area contributed by atoms with Gasteiger partial charge in [-0.1, -0.05) is 43.7 Å². The highest BCUT2D eigenvalue weighted by Gasteiger charge is 2.36. The quantitative estimate of drug-likeness (QED) is 0.646. The molecule has 2 N–H and O–H groups in total. The average Bonchev–Trinajstić information content (AvgIpc) is 3.36. The molecule has 5 nitrogen and oxygen atoms in total. The van der Waals surface area contributed by atoms with Crippen molar-refractivity contribution in [3.8, 4) is 0 Å². The molecule has 0 amide bonds. The molecule has 3 heterocycles. The summed E-state index contributed by atoms with van der Waals surface area (Å²) in [5, 5.41) is 0. The summed E-state index contributed by atoms with van der Waals surface area (Å²) in [6.45, 7) is 7.52. The van der Waals surface area contributed by atoms with Crippen LogP contribution in [0.4, 0.5) is 0 Å². The van der Waals surface area contributed by atoms with Crippen LogP contribution in [0.3, 0.4) is 0 Å². The Balaban J connectivity index is 1.61. The van der Waals surface area contributed by atoms with Crippen LogP contribution in [-0.4, -0.2) is 35.3 Å². The van der Waals surface area contributed by atoms with E-state index in [0.717, 1.165) is 17.0 Å². The molecule has 0 spiro atoms. The fourth-order valence-electron chi connectivity index (χ4n) is 3.48. The first kappa shape index (κ1) is 18.7. The lowest BCUT2D eigenvalue weighted by Gasteiger charge is -2.37. The fourth-order valence-corrected chi connectivity index (χ4v) is 3.48. The monoisotopic (exact) mass is 378 g/mol. The van der Waals surface area contributed by atoms with Crippen LogP contribution in [0.25, 0.3) is 0 Å². The number of aromatic amines is 2. The maximum atomic E-state index is 12.8. The number of H-pyrrole nitrogens is 2. The van der Waals surface area contributed by atoms with E-state index in [4.69, 9.17) is 9.47 Å². The van der Waals surface area contributed by atoms with Gasteiger partial charge in [-0.2, -0.15) is 0 Å². The Morgan fingerprint density at radius 2 is 1.75 bits per heavy atom. The predicted octanol–water partition coefficient (Wildman–Crippen LogP) is 4.41. The highest BCUT2D eigenvalue weighted by molar-refractivity contribution is 6.07. The average molecular weight is 378 g/mol. The number of aromatic nitrogens is 2. The molecule has 4 rings (SSSR count). The molecule has 1 unspecified atom stereocenters. The van der Waals surface area contributed by atoms with Gasteiger partial charge in [0.15, 0.2) is 6.29 Å². The molecule has 1 fully saturated rings. The molecule has 0 saturated carbocycles. The molecule has 0 aliphatic carbocycles. The molecule has 3 aromatic rings. The summed E-state index contributed by atoms with van der Waals surface area (Å²) in [6.07, 6.45) is 1.48. The van der Waals surface area contributed by atoms with Gasteiger partial charge >= 0.3 is 0 Å². The zero-order valence-corrected chi connectivity index (χ0v) is 16.5. The number of carbonyl (C=O) groups excluding carboxylic acids is 1. The van der Waals surface area contributed by atoms with Crippen molar-refractivity contribution in [1.29, 1.82) is 0 Å². The molecule has 1 aromatic carbocycles. The lowest BCUT2D eigenvalue weighted by molar-refractivity contribution is -0.227. The third kappa shape index (κ3) is 3.81. The van der Waals surface area contributed by atoms with Gasteiger partial charge < -0.3 is 19.4 Å². The first-order valence-electron chi connectivity index (χ1n) is 9.60. The van der Waals surface area contributed by atoms with Crippen LogP contribution in [0.15, 0.2) is 54.7 Å². The number of nitrogens with one attached hydrogen (secondary N) is 2. The van der Waals surface area contributed by atoms with E-state index in [2.05, 4.69) is 23.8 Å². The Morgan fingerprint density at radius 3 is 2.39 bits per heavy atom. The maximum absolute atomic E-state index is 12.8. The summed E-state index contributed by atoms with van der Waals surface area (Å²) < 4.78 is 12.1. The van der Waals surface area contributed by atoms with Gasteiger partial charge in [0, 0.05) is 28.6 Å². The number of rotatable bonds is 5. The first-order valence-corrected chi connectivity index (χ1v) is 9.60. The maximum Gasteiger partial charge on any atom is 0.209 e. The summed E-state index contributed by atoms with van der Waals surface area (Å²) >= 11 is 0. The van der Waals surface area contributed by atoms with Crippen LogP contribution in [0.1, 0.15) is 52.8 Å². The molecule has 2 aromatic heterocycles. The van der Waals surface area contributed by atoms with E-state index in [1.54, 1.807) is 0 Å². The minimum Gasteiger partial charge on any atom is -0.364 e. The fraction of sp³-hybridized carbons (Fsp3) is 0.348. The second-order valence-corrected chi connectivity index (χ2v) is 8.28. The van der Waals surface area contributed by atoms with E-state index >= 15 is 0 Å². The third-order valence-electron chi connectivity index (χ3n) is 5.11. The summed E-state index contributed by atoms with van der Waals surface area (Å²) in [5.74, 6) is -0.186. The van der Waals surface area contributed by atoms with Crippen molar-refractivity contribution in [2.45, 2.75) is 33.0 Å². The molecule has 5 heteroatoms. The second kappa shape index (κ2) is 7.41. The lowest BCUT2D eigenvalue weighted by atomic mass is 9.93.